The van der Waals surface area contributed by atoms with Crippen molar-refractivity contribution in [1.29, 1.82) is 5.26 Å². The number of nitriles is 1. The van der Waals surface area contributed by atoms with Crippen molar-refractivity contribution in [2.45, 2.75) is 38.1 Å². The Kier molecular flexibility index (Phi) is 2.76. The van der Waals surface area contributed by atoms with Crippen LogP contribution in [0.5, 0.6) is 0 Å². The number of hydrogen-bond acceptors (Lipinski definition) is 2. The van der Waals surface area contributed by atoms with Gasteiger partial charge in [-0.2, -0.15) is 5.26 Å². The Morgan fingerprint density at radius 3 is 2.88 bits per heavy atom. The van der Waals surface area contributed by atoms with Gasteiger partial charge >= 0.3 is 0 Å². The summed E-state index contributed by atoms with van der Waals surface area (Å²) in [6, 6.07) is 11.6. The standard InChI is InChI=1S/C15H18N2/c16-11-13-6-2-4-8-15(13)17-10-9-12-5-1-3-7-14(12)17/h1,3,5,7,13,15H,2,4,6,8-10H2. The molecule has 88 valence electrons. The van der Waals surface area contributed by atoms with Gasteiger partial charge in [0.15, 0.2) is 0 Å². The molecule has 1 aliphatic heterocycles. The van der Waals surface area contributed by atoms with E-state index < -0.39 is 0 Å². The first kappa shape index (κ1) is 10.7. The molecule has 2 atom stereocenters. The predicted octanol–water partition coefficient (Wildman–Crippen LogP) is 3.13. The Labute approximate surface area is 103 Å². The zero-order chi connectivity index (χ0) is 11.7. The highest BCUT2D eigenvalue weighted by Crippen LogP contribution is 2.36. The molecule has 3 rings (SSSR count). The van der Waals surface area contributed by atoms with Crippen molar-refractivity contribution in [2.75, 3.05) is 11.4 Å². The van der Waals surface area contributed by atoms with Crippen LogP contribution in [-0.2, 0) is 6.42 Å². The minimum absolute atomic E-state index is 0.231. The van der Waals surface area contributed by atoms with E-state index in [-0.39, 0.29) is 5.92 Å². The summed E-state index contributed by atoms with van der Waals surface area (Å²) >= 11 is 0. The van der Waals surface area contributed by atoms with Crippen LogP contribution in [0.15, 0.2) is 24.3 Å². The van der Waals surface area contributed by atoms with Crippen LogP contribution in [0.1, 0.15) is 31.2 Å². The van der Waals surface area contributed by atoms with Crippen LogP contribution in [0.25, 0.3) is 0 Å². The van der Waals surface area contributed by atoms with Crippen LogP contribution < -0.4 is 4.90 Å². The van der Waals surface area contributed by atoms with Gasteiger partial charge in [0, 0.05) is 18.3 Å². The Balaban J connectivity index is 1.88. The molecular formula is C15H18N2. The fourth-order valence-electron chi connectivity index (χ4n) is 3.34. The van der Waals surface area contributed by atoms with Crippen molar-refractivity contribution < 1.29 is 0 Å². The lowest BCUT2D eigenvalue weighted by atomic mass is 9.84. The summed E-state index contributed by atoms with van der Waals surface area (Å²) in [5.41, 5.74) is 2.83. The highest BCUT2D eigenvalue weighted by Gasteiger charge is 2.33. The molecule has 1 aromatic carbocycles. The van der Waals surface area contributed by atoms with E-state index in [1.807, 2.05) is 0 Å². The van der Waals surface area contributed by atoms with Crippen molar-refractivity contribution in [2.24, 2.45) is 5.92 Å². The Morgan fingerprint density at radius 2 is 2.00 bits per heavy atom. The molecule has 17 heavy (non-hydrogen) atoms. The van der Waals surface area contributed by atoms with Gasteiger partial charge in [-0.05, 0) is 30.9 Å². The van der Waals surface area contributed by atoms with Crippen LogP contribution in [0.4, 0.5) is 5.69 Å². The zero-order valence-electron chi connectivity index (χ0n) is 10.1. The van der Waals surface area contributed by atoms with Gasteiger partial charge in [0.25, 0.3) is 0 Å². The average molecular weight is 226 g/mol. The van der Waals surface area contributed by atoms with Crippen LogP contribution in [0, 0.1) is 17.2 Å². The minimum Gasteiger partial charge on any atom is -0.367 e. The molecule has 2 unspecified atom stereocenters. The maximum Gasteiger partial charge on any atom is 0.0677 e. The summed E-state index contributed by atoms with van der Waals surface area (Å²) in [7, 11) is 0. The van der Waals surface area contributed by atoms with E-state index in [0.717, 1.165) is 19.4 Å². The summed E-state index contributed by atoms with van der Waals surface area (Å²) < 4.78 is 0. The fourth-order valence-corrected chi connectivity index (χ4v) is 3.34. The van der Waals surface area contributed by atoms with Crippen molar-refractivity contribution in [1.82, 2.24) is 0 Å². The summed E-state index contributed by atoms with van der Waals surface area (Å²) in [5.74, 6) is 0.231. The second kappa shape index (κ2) is 4.41. The van der Waals surface area contributed by atoms with Crippen molar-refractivity contribution in [3.05, 3.63) is 29.8 Å². The van der Waals surface area contributed by atoms with E-state index in [2.05, 4.69) is 35.2 Å². The first-order valence-corrected chi connectivity index (χ1v) is 6.64. The van der Waals surface area contributed by atoms with Crippen LogP contribution in [0.2, 0.25) is 0 Å². The topological polar surface area (TPSA) is 27.0 Å². The first-order chi connectivity index (χ1) is 8.40. The number of rotatable bonds is 1. The normalized spacial score (nSPS) is 27.6. The molecule has 0 saturated heterocycles. The first-order valence-electron chi connectivity index (χ1n) is 6.64. The third kappa shape index (κ3) is 1.80. The molecule has 1 aromatic rings. The van der Waals surface area contributed by atoms with Gasteiger partial charge in [0.2, 0.25) is 0 Å². The molecule has 1 heterocycles. The van der Waals surface area contributed by atoms with Crippen LogP contribution in [0.3, 0.4) is 0 Å². The smallest absolute Gasteiger partial charge is 0.0677 e. The fraction of sp³-hybridized carbons (Fsp3) is 0.533. The van der Waals surface area contributed by atoms with Crippen LogP contribution >= 0.6 is 0 Å². The molecule has 2 aliphatic rings. The molecular weight excluding hydrogens is 208 g/mol. The van der Waals surface area contributed by atoms with Gasteiger partial charge < -0.3 is 4.90 Å². The summed E-state index contributed by atoms with van der Waals surface area (Å²) in [5, 5.41) is 9.29. The molecule has 0 amide bonds. The molecule has 0 N–H and O–H groups in total. The molecule has 0 radical (unpaired) electrons. The van der Waals surface area contributed by atoms with Crippen molar-refractivity contribution >= 4 is 5.69 Å². The highest BCUT2D eigenvalue weighted by molar-refractivity contribution is 5.58. The van der Waals surface area contributed by atoms with Gasteiger partial charge in [0.1, 0.15) is 0 Å². The number of para-hydroxylation sites is 1. The molecule has 1 aliphatic carbocycles. The molecule has 0 spiro atoms. The third-order valence-electron chi connectivity index (χ3n) is 4.22. The monoisotopic (exact) mass is 226 g/mol. The Morgan fingerprint density at radius 1 is 1.18 bits per heavy atom. The van der Waals surface area contributed by atoms with E-state index in [0.29, 0.717) is 6.04 Å². The summed E-state index contributed by atoms with van der Waals surface area (Å²) in [4.78, 5) is 2.49. The van der Waals surface area contributed by atoms with Crippen molar-refractivity contribution in [3.63, 3.8) is 0 Å². The number of anilines is 1. The Hall–Kier alpha value is -1.49. The van der Waals surface area contributed by atoms with E-state index in [1.165, 1.54) is 30.5 Å². The lowest BCUT2D eigenvalue weighted by molar-refractivity contribution is 0.352. The molecule has 1 fully saturated rings. The number of hydrogen-bond donors (Lipinski definition) is 0. The van der Waals surface area contributed by atoms with E-state index in [1.54, 1.807) is 0 Å². The number of benzene rings is 1. The third-order valence-corrected chi connectivity index (χ3v) is 4.22. The average Bonchev–Trinajstić information content (AvgIpc) is 2.82. The lowest BCUT2D eigenvalue weighted by Crippen LogP contribution is -2.41. The second-order valence-corrected chi connectivity index (χ2v) is 5.16. The molecule has 0 aromatic heterocycles. The van der Waals surface area contributed by atoms with E-state index in [4.69, 9.17) is 0 Å². The molecule has 2 nitrogen and oxygen atoms in total. The number of nitrogens with zero attached hydrogens (tertiary/aromatic N) is 2. The molecule has 2 heteroatoms. The molecule has 0 bridgehead atoms. The highest BCUT2D eigenvalue weighted by atomic mass is 15.2. The van der Waals surface area contributed by atoms with Crippen LogP contribution in [-0.4, -0.2) is 12.6 Å². The second-order valence-electron chi connectivity index (χ2n) is 5.16. The van der Waals surface area contributed by atoms with E-state index >= 15 is 0 Å². The van der Waals surface area contributed by atoms with Gasteiger partial charge in [-0.25, -0.2) is 0 Å². The zero-order valence-corrected chi connectivity index (χ0v) is 10.1. The minimum atomic E-state index is 0.231. The van der Waals surface area contributed by atoms with Gasteiger partial charge in [-0.1, -0.05) is 31.0 Å². The van der Waals surface area contributed by atoms with Crippen molar-refractivity contribution in [3.8, 4) is 6.07 Å². The van der Waals surface area contributed by atoms with Gasteiger partial charge in [-0.3, -0.25) is 0 Å². The van der Waals surface area contributed by atoms with Gasteiger partial charge in [-0.15, -0.1) is 0 Å². The maximum atomic E-state index is 9.29. The van der Waals surface area contributed by atoms with E-state index in [9.17, 15) is 5.26 Å². The van der Waals surface area contributed by atoms with Gasteiger partial charge in [0.05, 0.1) is 12.0 Å². The lowest BCUT2D eigenvalue weighted by Gasteiger charge is -2.36. The summed E-state index contributed by atoms with van der Waals surface area (Å²) in [6.07, 6.45) is 5.92. The maximum absolute atomic E-state index is 9.29. The SMILES string of the molecule is N#CC1CCCCC1N1CCc2ccccc21. The number of fused-ring (bicyclic) bond motifs is 1. The summed E-state index contributed by atoms with van der Waals surface area (Å²) in [6.45, 7) is 1.10. The molecule has 1 saturated carbocycles. The Bertz CT molecular complexity index is 446. The predicted molar refractivity (Wildman–Crippen MR) is 68.9 cm³/mol. The largest absolute Gasteiger partial charge is 0.367 e. The quantitative estimate of drug-likeness (QED) is 0.735.